The third kappa shape index (κ3) is 10.3. The van der Waals surface area contributed by atoms with E-state index in [9.17, 15) is 34.5 Å². The summed E-state index contributed by atoms with van der Waals surface area (Å²) in [5, 5.41) is 30.4. The van der Waals surface area contributed by atoms with Gasteiger partial charge in [0, 0.05) is 42.2 Å². The van der Waals surface area contributed by atoms with Crippen molar-refractivity contribution >= 4 is 35.7 Å². The molecule has 0 aromatic heterocycles. The van der Waals surface area contributed by atoms with E-state index < -0.39 is 60.1 Å². The number of methoxy groups -OCH3 is 1. The number of carbonyl (C=O) groups excluding carboxylic acids is 4. The number of cyclic esters (lactones) is 2. The maximum Gasteiger partial charge on any atom is 0.342 e. The summed E-state index contributed by atoms with van der Waals surface area (Å²) in [6.45, 7) is 10.4. The summed E-state index contributed by atoms with van der Waals surface area (Å²) >= 11 is 0. The second-order valence-corrected chi connectivity index (χ2v) is 15.7. The molecule has 2 aromatic rings. The molecule has 5 aliphatic heterocycles. The van der Waals surface area contributed by atoms with Gasteiger partial charge in [0.2, 0.25) is 13.6 Å². The maximum atomic E-state index is 13.3. The van der Waals surface area contributed by atoms with Crippen molar-refractivity contribution in [2.75, 3.05) is 27.5 Å². The topological polar surface area (TPSA) is 221 Å². The first-order valence-corrected chi connectivity index (χ1v) is 20.1. The van der Waals surface area contributed by atoms with Gasteiger partial charge in [0.25, 0.3) is 0 Å². The number of ketones is 2. The van der Waals surface area contributed by atoms with Crippen LogP contribution in [-0.2, 0) is 33.3 Å². The molecular weight excluding hydrogens is 812 g/mol. The van der Waals surface area contributed by atoms with Crippen molar-refractivity contribution in [3.8, 4) is 34.5 Å². The average molecular weight is 865 g/mol. The van der Waals surface area contributed by atoms with Gasteiger partial charge in [0.15, 0.2) is 47.1 Å². The fourth-order valence-corrected chi connectivity index (χ4v) is 6.96. The van der Waals surface area contributed by atoms with Crippen molar-refractivity contribution < 1.29 is 81.9 Å². The number of fused-ring (bicyclic) bond motifs is 7. The smallest absolute Gasteiger partial charge is 0.342 e. The lowest BCUT2D eigenvalue weighted by Gasteiger charge is -2.21. The molecule has 0 spiro atoms. The lowest BCUT2D eigenvalue weighted by Crippen LogP contribution is -2.32. The fraction of sp³-hybridized carbons (Fsp3) is 0.467. The Labute approximate surface area is 358 Å². The number of benzene rings is 2. The molecule has 0 amide bonds. The van der Waals surface area contributed by atoms with Crippen LogP contribution in [0.3, 0.4) is 0 Å². The number of rotatable bonds is 3. The Kier molecular flexibility index (Phi) is 14.4. The molecule has 17 nitrogen and oxygen atoms in total. The van der Waals surface area contributed by atoms with Crippen LogP contribution in [0, 0.1) is 11.8 Å². The van der Waals surface area contributed by atoms with Crippen LogP contribution in [0.1, 0.15) is 86.2 Å². The van der Waals surface area contributed by atoms with Crippen molar-refractivity contribution in [1.29, 1.82) is 0 Å². The van der Waals surface area contributed by atoms with Gasteiger partial charge in [-0.3, -0.25) is 9.59 Å². The van der Waals surface area contributed by atoms with E-state index in [1.165, 1.54) is 43.6 Å². The van der Waals surface area contributed by atoms with E-state index in [1.54, 1.807) is 52.8 Å². The second kappa shape index (κ2) is 19.5. The normalized spacial score (nSPS) is 29.6. The molecule has 0 saturated carbocycles. The summed E-state index contributed by atoms with van der Waals surface area (Å²) in [4.78, 5) is 51.0. The van der Waals surface area contributed by atoms with Gasteiger partial charge in [0.1, 0.15) is 47.0 Å². The molecule has 0 radical (unpaired) electrons. The zero-order valence-corrected chi connectivity index (χ0v) is 35.5. The van der Waals surface area contributed by atoms with Crippen LogP contribution in [0.5, 0.6) is 34.5 Å². The van der Waals surface area contributed by atoms with Crippen molar-refractivity contribution in [1.82, 2.24) is 0 Å². The number of hydrogen-bond acceptors (Lipinski definition) is 17. The molecular formula is C45H52O17. The Morgan fingerprint density at radius 3 is 1.87 bits per heavy atom. The third-order valence-corrected chi connectivity index (χ3v) is 10.7. The van der Waals surface area contributed by atoms with Crippen LogP contribution < -0.4 is 23.7 Å². The highest BCUT2D eigenvalue weighted by Gasteiger charge is 2.44. The van der Waals surface area contributed by atoms with Crippen LogP contribution in [-0.4, -0.2) is 109 Å². The zero-order chi connectivity index (χ0) is 44.9. The number of phenolic OH excluding ortho intramolecular Hbond substituents is 1. The molecule has 0 bridgehead atoms. The number of carbonyl (C=O) groups is 4. The molecule has 7 rings (SSSR count). The van der Waals surface area contributed by atoms with E-state index in [-0.39, 0.29) is 84.1 Å². The number of aromatic hydroxyl groups is 1. The van der Waals surface area contributed by atoms with E-state index in [0.717, 1.165) is 0 Å². The Morgan fingerprint density at radius 2 is 1.26 bits per heavy atom. The number of esters is 2. The molecule has 1 saturated heterocycles. The van der Waals surface area contributed by atoms with Crippen LogP contribution in [0.25, 0.3) is 12.2 Å². The first-order chi connectivity index (χ1) is 29.5. The van der Waals surface area contributed by atoms with E-state index >= 15 is 0 Å². The van der Waals surface area contributed by atoms with Crippen LogP contribution in [0.4, 0.5) is 0 Å². The highest BCUT2D eigenvalue weighted by atomic mass is 16.8. The summed E-state index contributed by atoms with van der Waals surface area (Å²) in [5.41, 5.74) is 0.804. The van der Waals surface area contributed by atoms with Crippen molar-refractivity contribution in [3.63, 3.8) is 0 Å². The molecule has 1 fully saturated rings. The minimum absolute atomic E-state index is 0.0148. The Hall–Kier alpha value is -5.72. The summed E-state index contributed by atoms with van der Waals surface area (Å²) in [5.74, 6) is -2.33. The summed E-state index contributed by atoms with van der Waals surface area (Å²) in [6.07, 6.45) is 7.34. The molecule has 0 aliphatic carbocycles. The highest BCUT2D eigenvalue weighted by Crippen LogP contribution is 2.45. The van der Waals surface area contributed by atoms with E-state index in [0.29, 0.717) is 23.5 Å². The Bertz CT molecular complexity index is 2150. The van der Waals surface area contributed by atoms with E-state index in [1.807, 2.05) is 13.0 Å². The second-order valence-electron chi connectivity index (χ2n) is 15.7. The van der Waals surface area contributed by atoms with Crippen molar-refractivity contribution in [3.05, 3.63) is 70.8 Å². The lowest BCUT2D eigenvalue weighted by atomic mass is 9.99. The summed E-state index contributed by atoms with van der Waals surface area (Å²) in [6, 6.07) is 2.88. The van der Waals surface area contributed by atoms with Gasteiger partial charge < -0.3 is 62.7 Å². The van der Waals surface area contributed by atoms with Gasteiger partial charge >= 0.3 is 11.9 Å². The first-order valence-electron chi connectivity index (χ1n) is 20.1. The highest BCUT2D eigenvalue weighted by molar-refractivity contribution is 6.00. The minimum Gasteiger partial charge on any atom is -0.507 e. The maximum absolute atomic E-state index is 13.3. The average Bonchev–Trinajstić information content (AvgIpc) is 3.98. The Morgan fingerprint density at radius 1 is 0.710 bits per heavy atom. The quantitative estimate of drug-likeness (QED) is 0.266. The molecule has 8 atom stereocenters. The molecule has 5 aliphatic rings. The first kappa shape index (κ1) is 45.8. The van der Waals surface area contributed by atoms with Gasteiger partial charge in [0.05, 0.1) is 12.2 Å². The van der Waals surface area contributed by atoms with Crippen molar-refractivity contribution in [2.45, 2.75) is 96.8 Å². The molecule has 3 N–H and O–H groups in total. The predicted molar refractivity (Wildman–Crippen MR) is 219 cm³/mol. The van der Waals surface area contributed by atoms with Gasteiger partial charge in [-0.15, -0.1) is 0 Å². The summed E-state index contributed by atoms with van der Waals surface area (Å²) in [7, 11) is 1.49. The monoisotopic (exact) mass is 864 g/mol. The lowest BCUT2D eigenvalue weighted by molar-refractivity contribution is -0.152. The number of hydrogen-bond donors (Lipinski definition) is 3. The molecule has 334 valence electrons. The number of aliphatic hydroxyl groups excluding tert-OH is 2. The van der Waals surface area contributed by atoms with Gasteiger partial charge in [-0.1, -0.05) is 50.3 Å². The van der Waals surface area contributed by atoms with Gasteiger partial charge in [-0.25, -0.2) is 9.59 Å². The van der Waals surface area contributed by atoms with Crippen LogP contribution in [0.15, 0.2) is 48.6 Å². The molecule has 5 heterocycles. The van der Waals surface area contributed by atoms with Gasteiger partial charge in [-0.05, 0) is 52.7 Å². The number of ether oxygens (including phenoxy) is 10. The van der Waals surface area contributed by atoms with Crippen LogP contribution >= 0.6 is 0 Å². The zero-order valence-electron chi connectivity index (χ0n) is 35.5. The van der Waals surface area contributed by atoms with Crippen molar-refractivity contribution in [2.24, 2.45) is 11.8 Å². The largest absolute Gasteiger partial charge is 0.507 e. The molecule has 62 heavy (non-hydrogen) atoms. The predicted octanol–water partition coefficient (Wildman–Crippen LogP) is 5.21. The molecule has 17 heteroatoms. The Balaban J connectivity index is 0.000000211. The van der Waals surface area contributed by atoms with E-state index in [4.69, 9.17) is 47.4 Å². The summed E-state index contributed by atoms with van der Waals surface area (Å²) < 4.78 is 55.7. The number of aliphatic hydroxyl groups is 2. The van der Waals surface area contributed by atoms with Crippen LogP contribution in [0.2, 0.25) is 0 Å². The molecule has 0 unspecified atom stereocenters. The fourth-order valence-electron chi connectivity index (χ4n) is 6.96. The minimum atomic E-state index is -1.58. The van der Waals surface area contributed by atoms with E-state index in [2.05, 4.69) is 0 Å². The standard InChI is InChI=1S/C25H30O9.C20H22O8/c1-14-9-10-17(26)23-18(33-25(3,4)34-23)8-6-7-16-21(24(27)32-15(14)2)19(29-12-28-5)11-20-22(16)31-13-30-20;1-10-6-7-14(22)18(24)13(21)5-3-4-12-17(20(25)28-11(10)2)15(23)8-16-19(12)27-9-26-16/h6-7,9-11,14-15,18,23H,8,12-13H2,1-5H3;3-4,6-8,10-11,13,18,21,23-24H,5,9H2,1-2H3/b7-6?,10-9-;4-3+,7-6-/t14-,15+,18+,23-;10-,11+,13+,18+/m11/s1. The number of phenols is 1. The SMILES string of the molecule is COCOc1cc2c(c3c1C(=O)O[C@@H](C)[C@H](C)/C=C\C(=O)[C@H]1OC(C)(C)O[C@H]1CC=C3)OCO2.C[C@@H]1/C=C\C(=O)[C@@H](O)[C@@H](O)C/C=C/c2c3c(cc(O)c2C(=O)O[C@H]1C)OCO3. The molecule has 2 aromatic carbocycles. The third-order valence-electron chi connectivity index (χ3n) is 10.7. The van der Waals surface area contributed by atoms with Gasteiger partial charge in [-0.2, -0.15) is 0 Å².